The third-order valence-electron chi connectivity index (χ3n) is 3.60. The van der Waals surface area contributed by atoms with Gasteiger partial charge < -0.3 is 0 Å². The Bertz CT molecular complexity index is 486. The topological polar surface area (TPSA) is 12.5 Å². The summed E-state index contributed by atoms with van der Waals surface area (Å²) in [6.45, 7) is 4.28. The summed E-state index contributed by atoms with van der Waals surface area (Å²) in [6, 6.07) is 4.43. The zero-order valence-electron chi connectivity index (χ0n) is 9.66. The second kappa shape index (κ2) is 3.26. The van der Waals surface area contributed by atoms with Gasteiger partial charge in [0.2, 0.25) is 0 Å². The predicted molar refractivity (Wildman–Crippen MR) is 64.2 cm³/mol. The van der Waals surface area contributed by atoms with Gasteiger partial charge in [0.25, 0.3) is 0 Å². The number of hydroxylamine groups is 1. The zero-order valence-corrected chi connectivity index (χ0v) is 9.66. The summed E-state index contributed by atoms with van der Waals surface area (Å²) in [4.78, 5) is 5.85. The number of terminal acetylenes is 1. The second-order valence-electron chi connectivity index (χ2n) is 4.70. The molecule has 1 saturated heterocycles. The van der Waals surface area contributed by atoms with Gasteiger partial charge in [0.15, 0.2) is 0 Å². The largest absolute Gasteiger partial charge is 0.268 e. The van der Waals surface area contributed by atoms with Gasteiger partial charge in [-0.2, -0.15) is 0 Å². The van der Waals surface area contributed by atoms with Crippen LogP contribution in [0.15, 0.2) is 12.1 Å². The van der Waals surface area contributed by atoms with Crippen LogP contribution in [0.3, 0.4) is 0 Å². The van der Waals surface area contributed by atoms with E-state index in [1.165, 1.54) is 22.4 Å². The Morgan fingerprint density at radius 3 is 2.88 bits per heavy atom. The molecule has 2 atom stereocenters. The summed E-state index contributed by atoms with van der Waals surface area (Å²) >= 11 is 0. The summed E-state index contributed by atoms with van der Waals surface area (Å²) in [5, 5.41) is 1.95. The van der Waals surface area contributed by atoms with Crippen LogP contribution in [0.1, 0.15) is 23.1 Å². The molecule has 1 aromatic rings. The molecule has 1 aromatic carbocycles. The predicted octanol–water partition coefficient (Wildman–Crippen LogP) is 2.37. The third kappa shape index (κ3) is 1.19. The van der Waals surface area contributed by atoms with Crippen LogP contribution in [-0.4, -0.2) is 12.1 Å². The van der Waals surface area contributed by atoms with Crippen LogP contribution < -0.4 is 5.06 Å². The summed E-state index contributed by atoms with van der Waals surface area (Å²) in [5.41, 5.74) is 5.21. The van der Waals surface area contributed by atoms with Gasteiger partial charge in [-0.15, -0.1) is 6.42 Å². The van der Waals surface area contributed by atoms with Gasteiger partial charge in [-0.1, -0.05) is 18.1 Å². The van der Waals surface area contributed by atoms with Crippen molar-refractivity contribution in [2.75, 3.05) is 5.06 Å². The number of hydrogen-bond donors (Lipinski definition) is 0. The van der Waals surface area contributed by atoms with E-state index in [0.29, 0.717) is 0 Å². The highest BCUT2D eigenvalue weighted by atomic mass is 16.7. The maximum atomic E-state index is 5.85. The van der Waals surface area contributed by atoms with E-state index >= 15 is 0 Å². The van der Waals surface area contributed by atoms with Crippen LogP contribution in [0.5, 0.6) is 0 Å². The van der Waals surface area contributed by atoms with Gasteiger partial charge >= 0.3 is 0 Å². The van der Waals surface area contributed by atoms with Crippen molar-refractivity contribution < 1.29 is 4.84 Å². The van der Waals surface area contributed by atoms with Crippen LogP contribution in [-0.2, 0) is 11.3 Å². The van der Waals surface area contributed by atoms with Crippen molar-refractivity contribution in [3.05, 3.63) is 28.8 Å². The summed E-state index contributed by atoms with van der Waals surface area (Å²) in [7, 11) is 0. The summed E-state index contributed by atoms with van der Waals surface area (Å²) in [5.74, 6) is 2.82. The van der Waals surface area contributed by atoms with E-state index in [9.17, 15) is 0 Å². The molecule has 2 nitrogen and oxygen atoms in total. The molecule has 0 saturated carbocycles. The molecule has 2 unspecified atom stereocenters. The van der Waals surface area contributed by atoms with E-state index in [4.69, 9.17) is 11.3 Å². The maximum Gasteiger partial charge on any atom is 0.119 e. The molecule has 2 bridgehead atoms. The average molecular weight is 213 g/mol. The number of nitrogens with zero attached hydrogens (tertiary/aromatic N) is 1. The summed E-state index contributed by atoms with van der Waals surface area (Å²) < 4.78 is 0. The Labute approximate surface area is 96.2 Å². The van der Waals surface area contributed by atoms with Crippen molar-refractivity contribution in [1.82, 2.24) is 0 Å². The fourth-order valence-corrected chi connectivity index (χ4v) is 2.73. The number of anilines is 1. The van der Waals surface area contributed by atoms with Gasteiger partial charge in [-0.3, -0.25) is 4.84 Å². The van der Waals surface area contributed by atoms with Crippen LogP contribution in [0.4, 0.5) is 5.69 Å². The molecule has 0 aromatic heterocycles. The highest BCUT2D eigenvalue weighted by Crippen LogP contribution is 2.41. The zero-order chi connectivity index (χ0) is 11.3. The van der Waals surface area contributed by atoms with Crippen molar-refractivity contribution in [3.8, 4) is 12.3 Å². The molecule has 0 spiro atoms. The molecule has 2 heterocycles. The van der Waals surface area contributed by atoms with Gasteiger partial charge in [0.1, 0.15) is 6.04 Å². The lowest BCUT2D eigenvalue weighted by Crippen LogP contribution is -2.31. The van der Waals surface area contributed by atoms with Crippen LogP contribution in [0, 0.1) is 26.2 Å². The molecule has 0 radical (unpaired) electrons. The monoisotopic (exact) mass is 213 g/mol. The molecule has 0 N–H and O–H groups in total. The third-order valence-corrected chi connectivity index (χ3v) is 3.60. The summed E-state index contributed by atoms with van der Waals surface area (Å²) in [6.07, 6.45) is 7.78. The molecule has 16 heavy (non-hydrogen) atoms. The maximum absolute atomic E-state index is 5.85. The van der Waals surface area contributed by atoms with E-state index in [1.54, 1.807) is 0 Å². The molecule has 2 aliphatic rings. The van der Waals surface area contributed by atoms with Gasteiger partial charge in [0.05, 0.1) is 11.8 Å². The first-order chi connectivity index (χ1) is 7.70. The SMILES string of the molecule is C#CC1CC2Cc3c(C)ccc(C)c3N1O2. The van der Waals surface area contributed by atoms with Crippen LogP contribution in [0.2, 0.25) is 0 Å². The lowest BCUT2D eigenvalue weighted by Gasteiger charge is -2.31. The van der Waals surface area contributed by atoms with E-state index in [0.717, 1.165) is 12.8 Å². The Morgan fingerprint density at radius 1 is 1.38 bits per heavy atom. The quantitative estimate of drug-likeness (QED) is 0.613. The van der Waals surface area contributed by atoms with Crippen molar-refractivity contribution in [2.24, 2.45) is 0 Å². The fourth-order valence-electron chi connectivity index (χ4n) is 2.73. The number of hydrogen-bond acceptors (Lipinski definition) is 2. The van der Waals surface area contributed by atoms with Crippen molar-refractivity contribution in [1.29, 1.82) is 0 Å². The Kier molecular flexibility index (Phi) is 1.99. The molecular weight excluding hydrogens is 198 g/mol. The first kappa shape index (κ1) is 9.74. The van der Waals surface area contributed by atoms with E-state index in [2.05, 4.69) is 31.9 Å². The lowest BCUT2D eigenvalue weighted by atomic mass is 9.97. The first-order valence-corrected chi connectivity index (χ1v) is 5.72. The number of benzene rings is 1. The fraction of sp³-hybridized carbons (Fsp3) is 0.429. The molecule has 2 heteroatoms. The Balaban J connectivity index is 2.19. The molecule has 1 fully saturated rings. The number of aryl methyl sites for hydroxylation is 2. The molecule has 82 valence electrons. The number of rotatable bonds is 0. The normalized spacial score (nSPS) is 26.4. The minimum absolute atomic E-state index is 0.103. The Morgan fingerprint density at radius 2 is 2.12 bits per heavy atom. The second-order valence-corrected chi connectivity index (χ2v) is 4.70. The minimum Gasteiger partial charge on any atom is -0.268 e. The van der Waals surface area contributed by atoms with Crippen molar-refractivity contribution in [3.63, 3.8) is 0 Å². The molecule has 0 amide bonds. The average Bonchev–Trinajstić information content (AvgIpc) is 2.61. The van der Waals surface area contributed by atoms with Crippen molar-refractivity contribution in [2.45, 2.75) is 38.8 Å². The first-order valence-electron chi connectivity index (χ1n) is 5.72. The Hall–Kier alpha value is -1.46. The van der Waals surface area contributed by atoms with Crippen LogP contribution in [0.25, 0.3) is 0 Å². The minimum atomic E-state index is 0.103. The van der Waals surface area contributed by atoms with E-state index < -0.39 is 0 Å². The van der Waals surface area contributed by atoms with Crippen molar-refractivity contribution >= 4 is 5.69 Å². The number of fused-ring (bicyclic) bond motifs is 4. The molecule has 0 aliphatic carbocycles. The molecular formula is C14H15NO. The van der Waals surface area contributed by atoms with E-state index in [1.807, 2.05) is 5.06 Å². The smallest absolute Gasteiger partial charge is 0.119 e. The lowest BCUT2D eigenvalue weighted by molar-refractivity contribution is 0.0751. The van der Waals surface area contributed by atoms with Gasteiger partial charge in [-0.25, -0.2) is 5.06 Å². The van der Waals surface area contributed by atoms with E-state index in [-0.39, 0.29) is 12.1 Å². The highest BCUT2D eigenvalue weighted by molar-refractivity contribution is 5.64. The molecule has 2 aliphatic heterocycles. The highest BCUT2D eigenvalue weighted by Gasteiger charge is 2.39. The van der Waals surface area contributed by atoms with Gasteiger partial charge in [-0.05, 0) is 30.5 Å². The van der Waals surface area contributed by atoms with Gasteiger partial charge in [0, 0.05) is 12.8 Å². The standard InChI is InChI=1S/C14H15NO/c1-4-11-7-12-8-13-9(2)5-6-10(3)14(13)15(11)16-12/h1,5-6,11-12H,7-8H2,2-3H3. The van der Waals surface area contributed by atoms with Crippen LogP contribution >= 0.6 is 0 Å². The molecule has 3 rings (SSSR count).